The molecule has 2 atom stereocenters. The van der Waals surface area contributed by atoms with Gasteiger partial charge in [0.25, 0.3) is 0 Å². The van der Waals surface area contributed by atoms with Crippen LogP contribution in [0, 0.1) is 0 Å². The van der Waals surface area contributed by atoms with Crippen LogP contribution in [0.3, 0.4) is 0 Å². The van der Waals surface area contributed by atoms with E-state index in [-0.39, 0.29) is 24.8 Å². The molecule has 0 spiro atoms. The van der Waals surface area contributed by atoms with Crippen molar-refractivity contribution in [1.29, 1.82) is 0 Å². The molecule has 1 rings (SSSR count). The molecule has 0 aliphatic rings. The second kappa shape index (κ2) is 9.37. The Morgan fingerprint density at radius 1 is 1.10 bits per heavy atom. The number of hydrogen-bond donors (Lipinski definition) is 0. The minimum absolute atomic E-state index is 0.0498. The molecule has 0 bridgehead atoms. The normalized spacial score (nSPS) is 13.6. The van der Waals surface area contributed by atoms with E-state index in [1.165, 1.54) is 0 Å². The SMILES string of the molecule is CCCC(=O)OCC(C)OCC(C)Oc1ccccc1. The fraction of sp³-hybridized carbons (Fsp3) is 0.562. The minimum Gasteiger partial charge on any atom is -0.488 e. The third kappa shape index (κ3) is 7.14. The molecule has 0 fully saturated rings. The van der Waals surface area contributed by atoms with E-state index in [1.807, 2.05) is 51.1 Å². The fourth-order valence-corrected chi connectivity index (χ4v) is 1.60. The van der Waals surface area contributed by atoms with Gasteiger partial charge in [0.15, 0.2) is 0 Å². The van der Waals surface area contributed by atoms with E-state index in [4.69, 9.17) is 14.2 Å². The van der Waals surface area contributed by atoms with Gasteiger partial charge in [-0.1, -0.05) is 25.1 Å². The largest absolute Gasteiger partial charge is 0.488 e. The first kappa shape index (κ1) is 16.5. The van der Waals surface area contributed by atoms with Crippen molar-refractivity contribution in [3.63, 3.8) is 0 Å². The molecule has 0 heterocycles. The summed E-state index contributed by atoms with van der Waals surface area (Å²) in [6.45, 7) is 6.53. The van der Waals surface area contributed by atoms with Gasteiger partial charge in [-0.3, -0.25) is 4.79 Å². The molecular weight excluding hydrogens is 256 g/mol. The van der Waals surface area contributed by atoms with Gasteiger partial charge in [0.1, 0.15) is 18.5 Å². The molecule has 4 nitrogen and oxygen atoms in total. The molecule has 2 unspecified atom stereocenters. The van der Waals surface area contributed by atoms with Gasteiger partial charge in [-0.05, 0) is 32.4 Å². The number of ether oxygens (including phenoxy) is 3. The van der Waals surface area contributed by atoms with Gasteiger partial charge >= 0.3 is 5.97 Å². The summed E-state index contributed by atoms with van der Waals surface area (Å²) in [6, 6.07) is 9.62. The van der Waals surface area contributed by atoms with Crippen LogP contribution in [0.15, 0.2) is 30.3 Å². The second-order valence-corrected chi connectivity index (χ2v) is 4.82. The first-order valence-corrected chi connectivity index (χ1v) is 7.10. The highest BCUT2D eigenvalue weighted by Gasteiger charge is 2.10. The highest BCUT2D eigenvalue weighted by Crippen LogP contribution is 2.11. The third-order valence-electron chi connectivity index (χ3n) is 2.63. The minimum atomic E-state index is -0.170. The quantitative estimate of drug-likeness (QED) is 0.652. The smallest absolute Gasteiger partial charge is 0.305 e. The molecule has 0 saturated carbocycles. The Morgan fingerprint density at radius 3 is 2.45 bits per heavy atom. The Balaban J connectivity index is 2.17. The Bertz CT molecular complexity index is 377. The molecule has 0 saturated heterocycles. The van der Waals surface area contributed by atoms with E-state index in [9.17, 15) is 4.79 Å². The molecule has 0 N–H and O–H groups in total. The predicted octanol–water partition coefficient (Wildman–Crippen LogP) is 3.20. The standard InChI is InChI=1S/C16H24O4/c1-4-8-16(17)19-11-13(2)18-12-14(3)20-15-9-6-5-7-10-15/h5-7,9-10,13-14H,4,8,11-12H2,1-3H3. The lowest BCUT2D eigenvalue weighted by Crippen LogP contribution is -2.26. The van der Waals surface area contributed by atoms with Gasteiger partial charge in [0, 0.05) is 6.42 Å². The van der Waals surface area contributed by atoms with E-state index in [2.05, 4.69) is 0 Å². The van der Waals surface area contributed by atoms with Crippen LogP contribution >= 0.6 is 0 Å². The molecule has 0 aliphatic carbocycles. The van der Waals surface area contributed by atoms with Crippen LogP contribution in [0.4, 0.5) is 0 Å². The number of carbonyl (C=O) groups is 1. The topological polar surface area (TPSA) is 44.8 Å². The molecule has 20 heavy (non-hydrogen) atoms. The van der Waals surface area contributed by atoms with Crippen LogP contribution < -0.4 is 4.74 Å². The van der Waals surface area contributed by atoms with Crippen molar-refractivity contribution in [2.45, 2.75) is 45.8 Å². The van der Waals surface area contributed by atoms with Crippen LogP contribution in [-0.2, 0) is 14.3 Å². The van der Waals surface area contributed by atoms with Crippen molar-refractivity contribution in [2.75, 3.05) is 13.2 Å². The van der Waals surface area contributed by atoms with Gasteiger partial charge in [-0.2, -0.15) is 0 Å². The summed E-state index contributed by atoms with van der Waals surface area (Å²) in [5.74, 6) is 0.655. The molecule has 1 aromatic rings. The highest BCUT2D eigenvalue weighted by atomic mass is 16.6. The summed E-state index contributed by atoms with van der Waals surface area (Å²) in [5, 5.41) is 0. The number of carbonyl (C=O) groups excluding carboxylic acids is 1. The van der Waals surface area contributed by atoms with Crippen LogP contribution in [0.5, 0.6) is 5.75 Å². The molecule has 0 radical (unpaired) electrons. The van der Waals surface area contributed by atoms with Crippen LogP contribution in [0.25, 0.3) is 0 Å². The lowest BCUT2D eigenvalue weighted by atomic mass is 10.3. The van der Waals surface area contributed by atoms with Gasteiger partial charge in [-0.25, -0.2) is 0 Å². The van der Waals surface area contributed by atoms with Gasteiger partial charge < -0.3 is 14.2 Å². The summed E-state index contributed by atoms with van der Waals surface area (Å²) in [6.07, 6.45) is 1.08. The van der Waals surface area contributed by atoms with Gasteiger partial charge in [0.2, 0.25) is 0 Å². The number of benzene rings is 1. The van der Waals surface area contributed by atoms with Crippen LogP contribution in [-0.4, -0.2) is 31.4 Å². The summed E-state index contributed by atoms with van der Waals surface area (Å²) in [7, 11) is 0. The van der Waals surface area contributed by atoms with Crippen molar-refractivity contribution in [2.24, 2.45) is 0 Å². The summed E-state index contributed by atoms with van der Waals surface area (Å²) in [5.41, 5.74) is 0. The van der Waals surface area contributed by atoms with Crippen molar-refractivity contribution in [3.05, 3.63) is 30.3 Å². The first-order valence-electron chi connectivity index (χ1n) is 7.10. The summed E-state index contributed by atoms with van der Waals surface area (Å²) < 4.78 is 16.4. The third-order valence-corrected chi connectivity index (χ3v) is 2.63. The summed E-state index contributed by atoms with van der Waals surface area (Å²) >= 11 is 0. The lowest BCUT2D eigenvalue weighted by molar-refractivity contribution is -0.148. The number of hydrogen-bond acceptors (Lipinski definition) is 4. The first-order chi connectivity index (χ1) is 9.61. The maximum Gasteiger partial charge on any atom is 0.305 e. The Kier molecular flexibility index (Phi) is 7.73. The summed E-state index contributed by atoms with van der Waals surface area (Å²) in [4.78, 5) is 11.2. The van der Waals surface area contributed by atoms with E-state index in [0.29, 0.717) is 13.0 Å². The Labute approximate surface area is 121 Å². The number of rotatable bonds is 9. The Hall–Kier alpha value is -1.55. The van der Waals surface area contributed by atoms with Crippen molar-refractivity contribution in [3.8, 4) is 5.75 Å². The van der Waals surface area contributed by atoms with E-state index >= 15 is 0 Å². The lowest BCUT2D eigenvalue weighted by Gasteiger charge is -2.18. The molecular formula is C16H24O4. The number of esters is 1. The molecule has 112 valence electrons. The predicted molar refractivity (Wildman–Crippen MR) is 77.8 cm³/mol. The van der Waals surface area contributed by atoms with Crippen molar-refractivity contribution < 1.29 is 19.0 Å². The van der Waals surface area contributed by atoms with E-state index in [0.717, 1.165) is 12.2 Å². The van der Waals surface area contributed by atoms with Crippen LogP contribution in [0.2, 0.25) is 0 Å². The zero-order valence-electron chi connectivity index (χ0n) is 12.5. The molecule has 4 heteroatoms. The van der Waals surface area contributed by atoms with Gasteiger partial charge in [0.05, 0.1) is 12.7 Å². The molecule has 0 aromatic heterocycles. The monoisotopic (exact) mass is 280 g/mol. The maximum atomic E-state index is 11.2. The molecule has 1 aromatic carbocycles. The fourth-order valence-electron chi connectivity index (χ4n) is 1.60. The maximum absolute atomic E-state index is 11.2. The number of para-hydroxylation sites is 1. The van der Waals surface area contributed by atoms with E-state index in [1.54, 1.807) is 0 Å². The average molecular weight is 280 g/mol. The second-order valence-electron chi connectivity index (χ2n) is 4.82. The molecule has 0 amide bonds. The van der Waals surface area contributed by atoms with E-state index < -0.39 is 0 Å². The average Bonchev–Trinajstić information content (AvgIpc) is 2.44. The Morgan fingerprint density at radius 2 is 1.80 bits per heavy atom. The van der Waals surface area contributed by atoms with Gasteiger partial charge in [-0.15, -0.1) is 0 Å². The zero-order chi connectivity index (χ0) is 14.8. The van der Waals surface area contributed by atoms with Crippen molar-refractivity contribution in [1.82, 2.24) is 0 Å². The van der Waals surface area contributed by atoms with Crippen LogP contribution in [0.1, 0.15) is 33.6 Å². The zero-order valence-corrected chi connectivity index (χ0v) is 12.5. The highest BCUT2D eigenvalue weighted by molar-refractivity contribution is 5.69. The molecule has 0 aliphatic heterocycles. The van der Waals surface area contributed by atoms with Crippen molar-refractivity contribution >= 4 is 5.97 Å².